The number of carbonyl (C=O) groups is 1. The van der Waals surface area contributed by atoms with Crippen LogP contribution in [0.3, 0.4) is 0 Å². The third kappa shape index (κ3) is 3.60. The van der Waals surface area contributed by atoms with Crippen molar-refractivity contribution in [3.05, 3.63) is 0 Å². The molecule has 0 fully saturated rings. The Bertz CT molecular complexity index is 317. The molecule has 0 spiro atoms. The summed E-state index contributed by atoms with van der Waals surface area (Å²) in [4.78, 5) is 9.98. The molecule has 12 heavy (non-hydrogen) atoms. The quantitative estimate of drug-likeness (QED) is 0.430. The highest BCUT2D eigenvalue weighted by atomic mass is 32.2. The van der Waals surface area contributed by atoms with E-state index in [2.05, 4.69) is 4.18 Å². The largest absolute Gasteiger partial charge is 0.740 e. The zero-order valence-electron chi connectivity index (χ0n) is 5.97. The highest BCUT2D eigenvalue weighted by Crippen LogP contribution is 1.89. The van der Waals surface area contributed by atoms with Gasteiger partial charge in [-0.2, -0.15) is 8.42 Å². The molecule has 0 aliphatic rings. The summed E-state index contributed by atoms with van der Waals surface area (Å²) in [5, 5.41) is 0. The predicted molar refractivity (Wildman–Crippen MR) is 39.2 cm³/mol. The molecule has 0 saturated carbocycles. The van der Waals surface area contributed by atoms with Crippen molar-refractivity contribution in [2.24, 2.45) is 0 Å². The molecule has 0 aromatic heterocycles. The lowest BCUT2D eigenvalue weighted by Crippen LogP contribution is -2.18. The number of carbonyl (C=O) groups excluding carboxylic acids is 1. The summed E-state index contributed by atoms with van der Waals surface area (Å²) in [6.45, 7) is 1.39. The summed E-state index contributed by atoms with van der Waals surface area (Å²) in [5.74, 6) is -1.36. The van der Waals surface area contributed by atoms with Gasteiger partial charge in [0.25, 0.3) is 0 Å². The van der Waals surface area contributed by atoms with E-state index in [0.29, 0.717) is 0 Å². The summed E-state index contributed by atoms with van der Waals surface area (Å²) < 4.78 is 43.6. The van der Waals surface area contributed by atoms with Crippen LogP contribution in [-0.2, 0) is 30.6 Å². The molecule has 70 valence electrons. The maximum atomic E-state index is 10.6. The molecule has 0 N–H and O–H groups in total. The fourth-order valence-electron chi connectivity index (χ4n) is 0.439. The molecule has 0 aliphatic carbocycles. The molecule has 1 atom stereocenters. The first-order chi connectivity index (χ1) is 5.49. The van der Waals surface area contributed by atoms with Crippen LogP contribution < -0.4 is 0 Å². The normalized spacial score (nSPS) is 11.8. The molecular weight excluding hydrogens is 208 g/mol. The molecule has 0 aromatic rings. The summed E-state index contributed by atoms with van der Waals surface area (Å²) in [5.41, 5.74) is 0. The van der Waals surface area contributed by atoms with E-state index in [-0.39, 0.29) is 6.42 Å². The summed E-state index contributed by atoms with van der Waals surface area (Å²) in [6.07, 6.45) is -0.105. The second-order valence-electron chi connectivity index (χ2n) is 1.59. The fraction of sp³-hybridized carbons (Fsp3) is 0.500. The van der Waals surface area contributed by atoms with Crippen molar-refractivity contribution in [3.8, 4) is 0 Å². The van der Waals surface area contributed by atoms with Gasteiger partial charge in [0, 0.05) is 0 Å². The number of rotatable bonds is 3. The van der Waals surface area contributed by atoms with Gasteiger partial charge in [-0.25, -0.2) is 9.00 Å². The van der Waals surface area contributed by atoms with Gasteiger partial charge >= 0.3 is 5.97 Å². The number of hydrogen-bond acceptors (Lipinski definition) is 6. The minimum atomic E-state index is -3.03. The van der Waals surface area contributed by atoms with E-state index in [1.807, 2.05) is 0 Å². The van der Waals surface area contributed by atoms with Crippen LogP contribution in [0.25, 0.3) is 0 Å². The van der Waals surface area contributed by atoms with Gasteiger partial charge in [-0.1, -0.05) is 6.92 Å². The maximum Gasteiger partial charge on any atom is 0.362 e. The van der Waals surface area contributed by atoms with Crippen LogP contribution in [-0.4, -0.2) is 28.0 Å². The van der Waals surface area contributed by atoms with Crippen molar-refractivity contribution in [1.29, 1.82) is 0 Å². The van der Waals surface area contributed by atoms with Crippen LogP contribution in [0.1, 0.15) is 13.3 Å². The van der Waals surface area contributed by atoms with Gasteiger partial charge in [0.1, 0.15) is 11.4 Å². The van der Waals surface area contributed by atoms with Crippen molar-refractivity contribution >= 4 is 32.5 Å². The lowest BCUT2D eigenvalue weighted by molar-refractivity contribution is -0.126. The van der Waals surface area contributed by atoms with Crippen molar-refractivity contribution < 1.29 is 26.2 Å². The Labute approximate surface area is 72.6 Å². The van der Waals surface area contributed by atoms with Crippen molar-refractivity contribution in [2.75, 3.05) is 0 Å². The van der Waals surface area contributed by atoms with Crippen molar-refractivity contribution in [1.82, 2.24) is 0 Å². The Kier molecular flexibility index (Phi) is 4.71. The molecule has 0 aromatic carbocycles. The third-order valence-electron chi connectivity index (χ3n) is 0.894. The van der Waals surface area contributed by atoms with Gasteiger partial charge in [-0.05, 0) is 6.42 Å². The summed E-state index contributed by atoms with van der Waals surface area (Å²) in [6, 6.07) is 0. The van der Waals surface area contributed by atoms with Crippen LogP contribution in [0.4, 0.5) is 0 Å². The van der Waals surface area contributed by atoms with E-state index in [1.54, 1.807) is 0 Å². The molecule has 0 bridgehead atoms. The van der Waals surface area contributed by atoms with Crippen LogP contribution >= 0.6 is 0 Å². The molecule has 0 heterocycles. The van der Waals surface area contributed by atoms with Crippen LogP contribution in [0.15, 0.2) is 0 Å². The Morgan fingerprint density at radius 2 is 1.92 bits per heavy atom. The predicted octanol–water partition coefficient (Wildman–Crippen LogP) is -1.21. The Morgan fingerprint density at radius 1 is 1.42 bits per heavy atom. The van der Waals surface area contributed by atoms with Crippen molar-refractivity contribution in [3.63, 3.8) is 0 Å². The molecule has 0 amide bonds. The molecule has 0 aliphatic heterocycles. The molecule has 0 rings (SSSR count). The summed E-state index contributed by atoms with van der Waals surface area (Å²) in [7, 11) is -2.73. The minimum Gasteiger partial charge on any atom is -0.740 e. The third-order valence-corrected chi connectivity index (χ3v) is 2.04. The van der Waals surface area contributed by atoms with Gasteiger partial charge in [0.15, 0.2) is 4.86 Å². The molecule has 8 heteroatoms. The fourth-order valence-corrected chi connectivity index (χ4v) is 1.13. The van der Waals surface area contributed by atoms with Crippen LogP contribution in [0.5, 0.6) is 0 Å². The van der Waals surface area contributed by atoms with E-state index >= 15 is 0 Å². The van der Waals surface area contributed by atoms with Gasteiger partial charge in [-0.15, -0.1) is 0 Å². The van der Waals surface area contributed by atoms with Gasteiger partial charge in [-0.3, -0.25) is 0 Å². The molecule has 0 saturated heterocycles. The first-order valence-corrected chi connectivity index (χ1v) is 4.83. The SMILES string of the molecule is CCC(C(=O)OS(=O)[O-])=S(=O)=O. The van der Waals surface area contributed by atoms with Gasteiger partial charge in [0.2, 0.25) is 10.3 Å². The van der Waals surface area contributed by atoms with Gasteiger partial charge < -0.3 is 8.74 Å². The van der Waals surface area contributed by atoms with E-state index in [0.717, 1.165) is 0 Å². The second-order valence-corrected chi connectivity index (χ2v) is 3.12. The lowest BCUT2D eigenvalue weighted by atomic mass is 10.3. The van der Waals surface area contributed by atoms with Gasteiger partial charge in [0.05, 0.1) is 0 Å². The Morgan fingerprint density at radius 3 is 2.17 bits per heavy atom. The lowest BCUT2D eigenvalue weighted by Gasteiger charge is -2.03. The zero-order chi connectivity index (χ0) is 9.72. The Balaban J connectivity index is 4.70. The minimum absolute atomic E-state index is 0.105. The van der Waals surface area contributed by atoms with E-state index in [9.17, 15) is 22.0 Å². The first-order valence-electron chi connectivity index (χ1n) is 2.76. The second kappa shape index (κ2) is 5.01. The monoisotopic (exact) mass is 213 g/mol. The van der Waals surface area contributed by atoms with E-state index in [1.165, 1.54) is 6.92 Å². The molecular formula is C4H5O6S2-. The van der Waals surface area contributed by atoms with Crippen molar-refractivity contribution in [2.45, 2.75) is 13.3 Å². The first kappa shape index (κ1) is 11.3. The number of hydrogen-bond donors (Lipinski definition) is 0. The smallest absolute Gasteiger partial charge is 0.362 e. The standard InChI is InChI=1S/C4H6O6S2/c1-2-3(11(6)7)4(5)10-12(8)9/h2H2,1H3,(H,8,9)/p-1. The van der Waals surface area contributed by atoms with E-state index < -0.39 is 32.5 Å². The van der Waals surface area contributed by atoms with E-state index in [4.69, 9.17) is 0 Å². The maximum absolute atomic E-state index is 10.6. The molecule has 1 unspecified atom stereocenters. The Hall–Kier alpha value is -0.730. The zero-order valence-corrected chi connectivity index (χ0v) is 7.61. The highest BCUT2D eigenvalue weighted by molar-refractivity contribution is 7.76. The molecule has 0 radical (unpaired) electrons. The average Bonchev–Trinajstić information content (AvgIpc) is 1.85. The highest BCUT2D eigenvalue weighted by Gasteiger charge is 2.12. The van der Waals surface area contributed by atoms with Crippen LogP contribution in [0, 0.1) is 0 Å². The van der Waals surface area contributed by atoms with Crippen LogP contribution in [0.2, 0.25) is 0 Å². The topological polar surface area (TPSA) is 101 Å². The molecule has 6 nitrogen and oxygen atoms in total. The average molecular weight is 213 g/mol. The summed E-state index contributed by atoms with van der Waals surface area (Å²) >= 11 is -3.03.